The Hall–Kier alpha value is -2.98. The van der Waals surface area contributed by atoms with Crippen LogP contribution in [-0.4, -0.2) is 40.6 Å². The number of amides is 1. The van der Waals surface area contributed by atoms with Crippen molar-refractivity contribution in [2.24, 2.45) is 0 Å². The zero-order chi connectivity index (χ0) is 22.1. The molecule has 1 saturated heterocycles. The third-order valence-corrected chi connectivity index (χ3v) is 6.69. The molecule has 2 heterocycles. The Bertz CT molecular complexity index is 1080. The monoisotopic (exact) mass is 414 g/mol. The molecule has 1 unspecified atom stereocenters. The van der Waals surface area contributed by atoms with E-state index in [0.717, 1.165) is 32.4 Å². The van der Waals surface area contributed by atoms with Crippen molar-refractivity contribution in [1.82, 2.24) is 9.80 Å². The number of nitrogens with zero attached hydrogens (tertiary/aromatic N) is 2. The Labute approximate surface area is 184 Å². The lowest BCUT2D eigenvalue weighted by Gasteiger charge is -2.40. The molecule has 2 aromatic carbocycles. The van der Waals surface area contributed by atoms with Gasteiger partial charge in [-0.25, -0.2) is 0 Å². The van der Waals surface area contributed by atoms with Gasteiger partial charge in [-0.3, -0.25) is 14.5 Å². The molecular formula is C27H30N2O2. The highest BCUT2D eigenvalue weighted by Crippen LogP contribution is 2.41. The van der Waals surface area contributed by atoms with Crippen LogP contribution in [0.15, 0.2) is 73.0 Å². The second-order valence-corrected chi connectivity index (χ2v) is 8.06. The topological polar surface area (TPSA) is 40.6 Å². The van der Waals surface area contributed by atoms with Gasteiger partial charge in [-0.1, -0.05) is 69.5 Å². The van der Waals surface area contributed by atoms with Crippen molar-refractivity contribution < 1.29 is 9.59 Å². The lowest BCUT2D eigenvalue weighted by Crippen LogP contribution is -2.47. The Morgan fingerprint density at radius 2 is 1.65 bits per heavy atom. The molecule has 1 amide bonds. The van der Waals surface area contributed by atoms with Gasteiger partial charge in [0.15, 0.2) is 0 Å². The van der Waals surface area contributed by atoms with E-state index in [2.05, 4.69) is 54.5 Å². The summed E-state index contributed by atoms with van der Waals surface area (Å²) in [4.78, 5) is 29.1. The average Bonchev–Trinajstić information content (AvgIpc) is 3.32. The van der Waals surface area contributed by atoms with Gasteiger partial charge in [0, 0.05) is 25.2 Å². The number of ketones is 1. The molecule has 2 aliphatic heterocycles. The van der Waals surface area contributed by atoms with Crippen LogP contribution in [0.5, 0.6) is 0 Å². The van der Waals surface area contributed by atoms with E-state index in [9.17, 15) is 9.59 Å². The number of hydrogen-bond donors (Lipinski definition) is 0. The molecule has 1 fully saturated rings. The van der Waals surface area contributed by atoms with Crippen LogP contribution < -0.4 is 0 Å². The second kappa shape index (κ2) is 8.64. The number of allylic oxidation sites excluding steroid dienone is 2. The maximum atomic E-state index is 12.6. The molecule has 0 N–H and O–H groups in total. The van der Waals surface area contributed by atoms with Crippen molar-refractivity contribution >= 4 is 22.5 Å². The Kier molecular flexibility index (Phi) is 5.92. The van der Waals surface area contributed by atoms with E-state index in [-0.39, 0.29) is 6.04 Å². The maximum Gasteiger partial charge on any atom is 0.299 e. The zero-order valence-corrected chi connectivity index (χ0v) is 18.4. The van der Waals surface area contributed by atoms with Crippen LogP contribution >= 0.6 is 0 Å². The van der Waals surface area contributed by atoms with Crippen LogP contribution in [-0.2, 0) is 16.0 Å². The number of piperidine rings is 1. The minimum absolute atomic E-state index is 0.0349. The molecule has 1 atom stereocenters. The summed E-state index contributed by atoms with van der Waals surface area (Å²) in [5.41, 5.74) is 3.85. The largest absolute Gasteiger partial charge is 0.302 e. The highest BCUT2D eigenvalue weighted by Gasteiger charge is 2.41. The molecule has 0 radical (unpaired) electrons. The number of likely N-dealkylation sites (tertiary alicyclic amines) is 1. The predicted molar refractivity (Wildman–Crippen MR) is 126 cm³/mol. The van der Waals surface area contributed by atoms with E-state index < -0.39 is 11.7 Å². The first-order chi connectivity index (χ1) is 15.1. The van der Waals surface area contributed by atoms with Crippen LogP contribution in [0.2, 0.25) is 0 Å². The van der Waals surface area contributed by atoms with Crippen LogP contribution in [0.25, 0.3) is 10.8 Å². The number of rotatable bonds is 4. The SMILES string of the molecule is C=CC1=C(C=C)N(C2CCN(C3Cc4cccc5cccc3c45)CC2)C(=O)C1=O.CC. The minimum Gasteiger partial charge on any atom is -0.302 e. The summed E-state index contributed by atoms with van der Waals surface area (Å²) >= 11 is 0. The molecule has 4 heteroatoms. The first-order valence-corrected chi connectivity index (χ1v) is 11.3. The van der Waals surface area contributed by atoms with Crippen molar-refractivity contribution in [2.75, 3.05) is 13.1 Å². The van der Waals surface area contributed by atoms with E-state index in [4.69, 9.17) is 0 Å². The van der Waals surface area contributed by atoms with Crippen molar-refractivity contribution in [3.05, 3.63) is 84.1 Å². The number of carbonyl (C=O) groups is 2. The molecule has 0 bridgehead atoms. The van der Waals surface area contributed by atoms with Gasteiger partial charge in [0.25, 0.3) is 11.7 Å². The van der Waals surface area contributed by atoms with Gasteiger partial charge < -0.3 is 4.90 Å². The van der Waals surface area contributed by atoms with Crippen LogP contribution in [0.4, 0.5) is 0 Å². The van der Waals surface area contributed by atoms with Crippen LogP contribution in [0.1, 0.15) is 43.9 Å². The second-order valence-electron chi connectivity index (χ2n) is 8.06. The van der Waals surface area contributed by atoms with Gasteiger partial charge in [0.1, 0.15) is 0 Å². The Morgan fingerprint density at radius 1 is 0.968 bits per heavy atom. The summed E-state index contributed by atoms with van der Waals surface area (Å²) in [5.74, 6) is -0.901. The lowest BCUT2D eigenvalue weighted by molar-refractivity contribution is -0.141. The molecule has 1 aliphatic carbocycles. The van der Waals surface area contributed by atoms with Crippen LogP contribution in [0, 0.1) is 0 Å². The number of benzene rings is 2. The van der Waals surface area contributed by atoms with Gasteiger partial charge in [0.05, 0.1) is 11.3 Å². The average molecular weight is 415 g/mol. The van der Waals surface area contributed by atoms with Crippen LogP contribution in [0.3, 0.4) is 0 Å². The fourth-order valence-electron chi connectivity index (χ4n) is 5.35. The van der Waals surface area contributed by atoms with Gasteiger partial charge in [-0.15, -0.1) is 0 Å². The first kappa shape index (κ1) is 21.3. The van der Waals surface area contributed by atoms with Crippen molar-refractivity contribution in [2.45, 2.75) is 45.2 Å². The van der Waals surface area contributed by atoms with Gasteiger partial charge in [-0.2, -0.15) is 0 Å². The quantitative estimate of drug-likeness (QED) is 0.664. The molecule has 160 valence electrons. The number of Topliss-reactive ketones (excluding diaryl/α,β-unsaturated/α-hetero) is 1. The summed E-state index contributed by atoms with van der Waals surface area (Å²) in [5, 5.41) is 2.73. The smallest absolute Gasteiger partial charge is 0.299 e. The van der Waals surface area contributed by atoms with E-state index in [1.807, 2.05) is 13.8 Å². The zero-order valence-electron chi connectivity index (χ0n) is 18.4. The standard InChI is InChI=1S/C25H24N2O2.C2H6/c1-3-19-21(4-2)27(25(29)24(19)28)18-11-13-26(14-12-18)22-15-17-9-5-7-16-8-6-10-20(22)23(16)17;1-2/h3-10,18,22H,1-2,11-15H2;1-2H3. The minimum atomic E-state index is -0.463. The summed E-state index contributed by atoms with van der Waals surface area (Å²) < 4.78 is 0. The van der Waals surface area contributed by atoms with E-state index in [0.29, 0.717) is 17.3 Å². The predicted octanol–water partition coefficient (Wildman–Crippen LogP) is 4.97. The van der Waals surface area contributed by atoms with Gasteiger partial charge in [-0.05, 0) is 47.2 Å². The van der Waals surface area contributed by atoms with E-state index >= 15 is 0 Å². The molecule has 0 saturated carbocycles. The molecule has 4 nitrogen and oxygen atoms in total. The summed E-state index contributed by atoms with van der Waals surface area (Å²) in [6.45, 7) is 13.3. The van der Waals surface area contributed by atoms with Crippen molar-refractivity contribution in [3.63, 3.8) is 0 Å². The molecule has 31 heavy (non-hydrogen) atoms. The number of carbonyl (C=O) groups excluding carboxylic acids is 2. The first-order valence-electron chi connectivity index (χ1n) is 11.3. The summed E-state index contributed by atoms with van der Waals surface area (Å²) in [6.07, 6.45) is 5.83. The molecule has 3 aliphatic rings. The fourth-order valence-corrected chi connectivity index (χ4v) is 5.35. The maximum absolute atomic E-state index is 12.6. The van der Waals surface area contributed by atoms with Crippen molar-refractivity contribution in [3.8, 4) is 0 Å². The van der Waals surface area contributed by atoms with Gasteiger partial charge >= 0.3 is 0 Å². The lowest BCUT2D eigenvalue weighted by atomic mass is 9.98. The molecular weight excluding hydrogens is 384 g/mol. The number of hydrogen-bond acceptors (Lipinski definition) is 3. The van der Waals surface area contributed by atoms with Gasteiger partial charge in [0.2, 0.25) is 0 Å². The Balaban J connectivity index is 0.00000112. The van der Waals surface area contributed by atoms with E-state index in [1.165, 1.54) is 28.0 Å². The molecule has 0 aromatic heterocycles. The third-order valence-electron chi connectivity index (χ3n) is 6.69. The Morgan fingerprint density at radius 3 is 2.29 bits per heavy atom. The molecule has 2 aromatic rings. The highest BCUT2D eigenvalue weighted by atomic mass is 16.2. The summed E-state index contributed by atoms with van der Waals surface area (Å²) in [7, 11) is 0. The van der Waals surface area contributed by atoms with E-state index in [1.54, 1.807) is 11.0 Å². The fraction of sp³-hybridized carbons (Fsp3) is 0.333. The highest BCUT2D eigenvalue weighted by molar-refractivity contribution is 6.46. The third kappa shape index (κ3) is 3.35. The molecule has 0 spiro atoms. The van der Waals surface area contributed by atoms with Crippen molar-refractivity contribution in [1.29, 1.82) is 0 Å². The normalized spacial score (nSPS) is 21.5. The summed E-state index contributed by atoms with van der Waals surface area (Å²) in [6, 6.07) is 13.6. The molecule has 5 rings (SSSR count).